The first-order chi connectivity index (χ1) is 9.30. The van der Waals surface area contributed by atoms with Crippen LogP contribution >= 0.6 is 0 Å². The van der Waals surface area contributed by atoms with Crippen molar-refractivity contribution in [3.05, 3.63) is 18.2 Å². The summed E-state index contributed by atoms with van der Waals surface area (Å²) in [6.45, 7) is 2.99. The smallest absolute Gasteiger partial charge is 0.126 e. The molecule has 1 aromatic carbocycles. The largest absolute Gasteiger partial charge is 0.496 e. The van der Waals surface area contributed by atoms with Gasteiger partial charge in [-0.3, -0.25) is 0 Å². The molecule has 0 saturated heterocycles. The number of rotatable bonds is 10. The molecule has 0 aliphatic carbocycles. The summed E-state index contributed by atoms with van der Waals surface area (Å²) in [5, 5.41) is 0. The summed E-state index contributed by atoms with van der Waals surface area (Å²) in [4.78, 5) is 0. The first-order valence-corrected chi connectivity index (χ1v) is 7.16. The Morgan fingerprint density at radius 2 is 1.26 bits per heavy atom. The van der Waals surface area contributed by atoms with Crippen molar-refractivity contribution in [2.75, 3.05) is 20.8 Å². The molecule has 0 saturated carbocycles. The highest BCUT2D eigenvalue weighted by atomic mass is 16.5. The van der Waals surface area contributed by atoms with Crippen LogP contribution in [0.4, 0.5) is 0 Å². The standard InChI is InChI=1S/C16H26O3/c1-4-5-6-7-8-9-10-19-16-12-14(17-2)11-15(13-16)18-3/h11-13H,4-10H2,1-3H3. The lowest BCUT2D eigenvalue weighted by Gasteiger charge is -2.10. The molecular formula is C16H26O3. The van der Waals surface area contributed by atoms with Crippen LogP contribution in [-0.2, 0) is 0 Å². The van der Waals surface area contributed by atoms with Crippen LogP contribution in [0, 0.1) is 0 Å². The van der Waals surface area contributed by atoms with E-state index >= 15 is 0 Å². The SMILES string of the molecule is CCCCCCCCOc1cc(OC)cc(OC)c1. The van der Waals surface area contributed by atoms with Gasteiger partial charge in [0.1, 0.15) is 17.2 Å². The Morgan fingerprint density at radius 3 is 1.84 bits per heavy atom. The predicted molar refractivity (Wildman–Crippen MR) is 78.4 cm³/mol. The van der Waals surface area contributed by atoms with Gasteiger partial charge in [0.2, 0.25) is 0 Å². The molecular weight excluding hydrogens is 240 g/mol. The van der Waals surface area contributed by atoms with Crippen molar-refractivity contribution in [3.8, 4) is 17.2 Å². The van der Waals surface area contributed by atoms with Crippen LogP contribution < -0.4 is 14.2 Å². The van der Waals surface area contributed by atoms with Crippen LogP contribution in [0.25, 0.3) is 0 Å². The maximum absolute atomic E-state index is 5.74. The van der Waals surface area contributed by atoms with Gasteiger partial charge in [0.15, 0.2) is 0 Å². The van der Waals surface area contributed by atoms with Gasteiger partial charge in [-0.05, 0) is 6.42 Å². The van der Waals surface area contributed by atoms with Gasteiger partial charge in [0.05, 0.1) is 20.8 Å². The Bertz CT molecular complexity index is 328. The number of hydrogen-bond acceptors (Lipinski definition) is 3. The van der Waals surface area contributed by atoms with E-state index in [9.17, 15) is 0 Å². The molecule has 0 atom stereocenters. The van der Waals surface area contributed by atoms with E-state index in [1.54, 1.807) is 14.2 Å². The fourth-order valence-corrected chi connectivity index (χ4v) is 1.94. The molecule has 108 valence electrons. The number of benzene rings is 1. The summed E-state index contributed by atoms with van der Waals surface area (Å²) >= 11 is 0. The summed E-state index contributed by atoms with van der Waals surface area (Å²) in [5.41, 5.74) is 0. The normalized spacial score (nSPS) is 10.3. The van der Waals surface area contributed by atoms with Gasteiger partial charge >= 0.3 is 0 Å². The molecule has 3 heteroatoms. The number of unbranched alkanes of at least 4 members (excludes halogenated alkanes) is 5. The number of ether oxygens (including phenoxy) is 3. The molecule has 0 radical (unpaired) electrons. The molecule has 0 unspecified atom stereocenters. The molecule has 0 fully saturated rings. The van der Waals surface area contributed by atoms with Crippen LogP contribution in [0.1, 0.15) is 45.4 Å². The summed E-state index contributed by atoms with van der Waals surface area (Å²) in [6, 6.07) is 5.62. The van der Waals surface area contributed by atoms with Gasteiger partial charge in [0, 0.05) is 18.2 Å². The molecule has 0 heterocycles. The van der Waals surface area contributed by atoms with Gasteiger partial charge < -0.3 is 14.2 Å². The minimum atomic E-state index is 0.752. The van der Waals surface area contributed by atoms with E-state index in [0.29, 0.717) is 0 Å². The lowest BCUT2D eigenvalue weighted by molar-refractivity contribution is 0.299. The van der Waals surface area contributed by atoms with Gasteiger partial charge in [-0.15, -0.1) is 0 Å². The Balaban J connectivity index is 2.28. The Labute approximate surface area is 116 Å². The Hall–Kier alpha value is -1.38. The quantitative estimate of drug-likeness (QED) is 0.586. The molecule has 0 spiro atoms. The van der Waals surface area contributed by atoms with Crippen LogP contribution in [0.2, 0.25) is 0 Å². The third kappa shape index (κ3) is 6.37. The third-order valence-corrected chi connectivity index (χ3v) is 3.09. The highest BCUT2D eigenvalue weighted by molar-refractivity contribution is 5.41. The van der Waals surface area contributed by atoms with E-state index in [4.69, 9.17) is 14.2 Å². The van der Waals surface area contributed by atoms with Crippen molar-refractivity contribution < 1.29 is 14.2 Å². The Kier molecular flexibility index (Phi) is 7.87. The van der Waals surface area contributed by atoms with Crippen molar-refractivity contribution in [2.24, 2.45) is 0 Å². The van der Waals surface area contributed by atoms with Crippen molar-refractivity contribution in [1.29, 1.82) is 0 Å². The minimum Gasteiger partial charge on any atom is -0.496 e. The summed E-state index contributed by atoms with van der Waals surface area (Å²) < 4.78 is 16.2. The molecule has 0 aliphatic heterocycles. The molecule has 0 amide bonds. The Morgan fingerprint density at radius 1 is 0.737 bits per heavy atom. The maximum atomic E-state index is 5.74. The van der Waals surface area contributed by atoms with E-state index < -0.39 is 0 Å². The second-order valence-corrected chi connectivity index (χ2v) is 4.66. The number of methoxy groups -OCH3 is 2. The van der Waals surface area contributed by atoms with Crippen LogP contribution in [-0.4, -0.2) is 20.8 Å². The summed E-state index contributed by atoms with van der Waals surface area (Å²) in [6.07, 6.45) is 7.61. The minimum absolute atomic E-state index is 0.752. The van der Waals surface area contributed by atoms with E-state index in [0.717, 1.165) is 30.3 Å². The molecule has 0 bridgehead atoms. The van der Waals surface area contributed by atoms with Crippen molar-refractivity contribution in [3.63, 3.8) is 0 Å². The van der Waals surface area contributed by atoms with Gasteiger partial charge in [-0.2, -0.15) is 0 Å². The third-order valence-electron chi connectivity index (χ3n) is 3.09. The number of hydrogen-bond donors (Lipinski definition) is 0. The molecule has 1 rings (SSSR count). The highest BCUT2D eigenvalue weighted by Gasteiger charge is 2.02. The van der Waals surface area contributed by atoms with Crippen LogP contribution in [0.15, 0.2) is 18.2 Å². The van der Waals surface area contributed by atoms with Crippen molar-refractivity contribution in [1.82, 2.24) is 0 Å². The highest BCUT2D eigenvalue weighted by Crippen LogP contribution is 2.27. The monoisotopic (exact) mass is 266 g/mol. The molecule has 19 heavy (non-hydrogen) atoms. The molecule has 1 aromatic rings. The summed E-state index contributed by atoms with van der Waals surface area (Å²) in [5.74, 6) is 2.33. The fourth-order valence-electron chi connectivity index (χ4n) is 1.94. The zero-order chi connectivity index (χ0) is 13.9. The van der Waals surface area contributed by atoms with E-state index in [1.807, 2.05) is 18.2 Å². The lowest BCUT2D eigenvalue weighted by atomic mass is 10.1. The average molecular weight is 266 g/mol. The van der Waals surface area contributed by atoms with Crippen molar-refractivity contribution in [2.45, 2.75) is 45.4 Å². The average Bonchev–Trinajstić information content (AvgIpc) is 2.45. The van der Waals surface area contributed by atoms with Crippen LogP contribution in [0.5, 0.6) is 17.2 Å². The van der Waals surface area contributed by atoms with Gasteiger partial charge in [-0.1, -0.05) is 39.0 Å². The topological polar surface area (TPSA) is 27.7 Å². The second kappa shape index (κ2) is 9.54. The lowest BCUT2D eigenvalue weighted by Crippen LogP contribution is -1.98. The molecule has 0 aromatic heterocycles. The van der Waals surface area contributed by atoms with Crippen LogP contribution in [0.3, 0.4) is 0 Å². The first-order valence-electron chi connectivity index (χ1n) is 7.16. The molecule has 0 N–H and O–H groups in total. The zero-order valence-corrected chi connectivity index (χ0v) is 12.4. The van der Waals surface area contributed by atoms with Crippen molar-refractivity contribution >= 4 is 0 Å². The summed E-state index contributed by atoms with van der Waals surface area (Å²) in [7, 11) is 3.29. The maximum Gasteiger partial charge on any atom is 0.126 e. The van der Waals surface area contributed by atoms with E-state index in [1.165, 1.54) is 32.1 Å². The molecule has 3 nitrogen and oxygen atoms in total. The van der Waals surface area contributed by atoms with Gasteiger partial charge in [-0.25, -0.2) is 0 Å². The zero-order valence-electron chi connectivity index (χ0n) is 12.4. The fraction of sp³-hybridized carbons (Fsp3) is 0.625. The van der Waals surface area contributed by atoms with E-state index in [-0.39, 0.29) is 0 Å². The molecule has 0 aliphatic rings. The van der Waals surface area contributed by atoms with Gasteiger partial charge in [0.25, 0.3) is 0 Å². The van der Waals surface area contributed by atoms with E-state index in [2.05, 4.69) is 6.92 Å². The first kappa shape index (κ1) is 15.7. The predicted octanol–water partition coefficient (Wildman–Crippen LogP) is 4.44. The second-order valence-electron chi connectivity index (χ2n) is 4.66.